The second kappa shape index (κ2) is 9.65. The highest BCUT2D eigenvalue weighted by Crippen LogP contribution is 2.30. The molecule has 0 spiro atoms. The molecule has 1 N–H and O–H groups in total. The van der Waals surface area contributed by atoms with Crippen LogP contribution in [-0.4, -0.2) is 44.9 Å². The molecule has 0 saturated carbocycles. The van der Waals surface area contributed by atoms with Crippen LogP contribution in [-0.2, 0) is 0 Å². The zero-order chi connectivity index (χ0) is 19.8. The lowest BCUT2D eigenvalue weighted by molar-refractivity contribution is 0.0545. The van der Waals surface area contributed by atoms with Gasteiger partial charge in [0.25, 0.3) is 0 Å². The maximum absolute atomic E-state index is 15.0. The topological polar surface area (TPSA) is 64.3 Å². The van der Waals surface area contributed by atoms with Crippen molar-refractivity contribution in [2.75, 3.05) is 19.7 Å². The summed E-state index contributed by atoms with van der Waals surface area (Å²) in [6.07, 6.45) is 2.82. The summed E-state index contributed by atoms with van der Waals surface area (Å²) in [6.45, 7) is 1.38. The maximum Gasteiger partial charge on any atom is 0.187 e. The zero-order valence-electron chi connectivity index (χ0n) is 16.4. The molecule has 6 nitrogen and oxygen atoms in total. The summed E-state index contributed by atoms with van der Waals surface area (Å²) in [5.74, 6) is 1.22. The van der Waals surface area contributed by atoms with E-state index in [9.17, 15) is 4.39 Å². The van der Waals surface area contributed by atoms with E-state index in [-0.39, 0.29) is 31.4 Å². The van der Waals surface area contributed by atoms with Gasteiger partial charge < -0.3 is 10.1 Å². The lowest BCUT2D eigenvalue weighted by atomic mass is 9.95. The van der Waals surface area contributed by atoms with Crippen molar-refractivity contribution < 1.29 is 9.13 Å². The quantitative estimate of drug-likeness (QED) is 0.403. The van der Waals surface area contributed by atoms with Crippen molar-refractivity contribution in [3.8, 4) is 17.3 Å². The highest BCUT2D eigenvalue weighted by atomic mass is 79.9. The number of hydrogen-bond acceptors (Lipinski definition) is 5. The molecule has 0 unspecified atom stereocenters. The van der Waals surface area contributed by atoms with Gasteiger partial charge in [-0.15, -0.1) is 35.0 Å². The smallest absolute Gasteiger partial charge is 0.187 e. The fourth-order valence-corrected chi connectivity index (χ4v) is 3.96. The molecule has 3 aromatic heterocycles. The molecule has 0 radical (unpaired) electrons. The Kier molecular flexibility index (Phi) is 7.36. The molecule has 164 valence electrons. The van der Waals surface area contributed by atoms with Crippen molar-refractivity contribution in [2.45, 2.75) is 18.5 Å². The monoisotopic (exact) mass is 527 g/mol. The van der Waals surface area contributed by atoms with Gasteiger partial charge in [-0.3, -0.25) is 4.40 Å². The number of alkyl halides is 1. The van der Waals surface area contributed by atoms with Gasteiger partial charge >= 0.3 is 0 Å². The Hall–Kier alpha value is -2.00. The van der Waals surface area contributed by atoms with Gasteiger partial charge in [-0.2, -0.15) is 0 Å². The highest BCUT2D eigenvalue weighted by molar-refractivity contribution is 9.10. The number of para-hydroxylation sites is 1. The summed E-state index contributed by atoms with van der Waals surface area (Å²) < 4.78 is 23.7. The molecule has 0 atom stereocenters. The fraction of sp³-hybridized carbons (Fsp3) is 0.286. The first-order chi connectivity index (χ1) is 14.1. The first-order valence-corrected chi connectivity index (χ1v) is 10.3. The van der Waals surface area contributed by atoms with E-state index >= 15 is 0 Å². The van der Waals surface area contributed by atoms with Crippen LogP contribution in [0.4, 0.5) is 4.39 Å². The maximum atomic E-state index is 15.0. The molecule has 1 fully saturated rings. The van der Waals surface area contributed by atoms with E-state index in [2.05, 4.69) is 31.4 Å². The van der Waals surface area contributed by atoms with Gasteiger partial charge in [0.1, 0.15) is 29.2 Å². The van der Waals surface area contributed by atoms with Crippen LogP contribution in [0.15, 0.2) is 53.1 Å². The second-order valence-electron chi connectivity index (χ2n) is 7.31. The molecule has 0 bridgehead atoms. The summed E-state index contributed by atoms with van der Waals surface area (Å²) in [7, 11) is 0. The van der Waals surface area contributed by atoms with Crippen LogP contribution in [0.3, 0.4) is 0 Å². The molecule has 31 heavy (non-hydrogen) atoms. The molecule has 0 amide bonds. The fourth-order valence-electron chi connectivity index (χ4n) is 3.63. The summed E-state index contributed by atoms with van der Waals surface area (Å²) in [4.78, 5) is 4.79. The highest BCUT2D eigenvalue weighted by Gasteiger charge is 2.32. The van der Waals surface area contributed by atoms with Crippen molar-refractivity contribution >= 4 is 57.3 Å². The molecule has 4 aromatic rings. The largest absolute Gasteiger partial charge is 0.488 e. The van der Waals surface area contributed by atoms with Crippen molar-refractivity contribution in [2.24, 2.45) is 0 Å². The van der Waals surface area contributed by atoms with E-state index in [0.717, 1.165) is 15.5 Å². The Labute approximate surface area is 199 Å². The van der Waals surface area contributed by atoms with Crippen LogP contribution in [0, 0.1) is 0 Å². The Morgan fingerprint density at radius 2 is 1.87 bits per heavy atom. The summed E-state index contributed by atoms with van der Waals surface area (Å²) >= 11 is 3.48. The molecule has 1 aliphatic rings. The number of rotatable bonds is 4. The first-order valence-electron chi connectivity index (χ1n) is 9.54. The SMILES string of the molecule is Cl.Cl.FC1(COc2cccc3ccc(-c4nnc5ccc(Br)cn45)nc23)CCNCC1. The predicted molar refractivity (Wildman–Crippen MR) is 127 cm³/mol. The van der Waals surface area contributed by atoms with E-state index in [1.54, 1.807) is 0 Å². The molecule has 4 heterocycles. The van der Waals surface area contributed by atoms with Crippen LogP contribution in [0.5, 0.6) is 5.75 Å². The number of nitrogens with one attached hydrogen (secondary N) is 1. The lowest BCUT2D eigenvalue weighted by Gasteiger charge is -2.29. The lowest BCUT2D eigenvalue weighted by Crippen LogP contribution is -2.42. The zero-order valence-corrected chi connectivity index (χ0v) is 19.6. The third-order valence-corrected chi connectivity index (χ3v) is 5.73. The molecule has 10 heteroatoms. The normalized spacial score (nSPS) is 15.3. The van der Waals surface area contributed by atoms with E-state index in [0.29, 0.717) is 48.7 Å². The minimum atomic E-state index is -1.31. The third kappa shape index (κ3) is 4.77. The van der Waals surface area contributed by atoms with E-state index < -0.39 is 5.67 Å². The number of fused-ring (bicyclic) bond motifs is 2. The number of halogens is 4. The number of ether oxygens (including phenoxy) is 1. The molecule has 1 saturated heterocycles. The van der Waals surface area contributed by atoms with Gasteiger partial charge in [0.05, 0.1) is 0 Å². The van der Waals surface area contributed by atoms with Crippen molar-refractivity contribution in [1.82, 2.24) is 24.9 Å². The van der Waals surface area contributed by atoms with Gasteiger partial charge in [0.2, 0.25) is 0 Å². The molecule has 5 rings (SSSR count). The van der Waals surface area contributed by atoms with E-state index in [4.69, 9.17) is 9.72 Å². The summed E-state index contributed by atoms with van der Waals surface area (Å²) in [6, 6.07) is 13.4. The second-order valence-corrected chi connectivity index (χ2v) is 8.23. The summed E-state index contributed by atoms with van der Waals surface area (Å²) in [5.41, 5.74) is 0.797. The van der Waals surface area contributed by atoms with Crippen molar-refractivity contribution in [3.05, 3.63) is 53.1 Å². The average molecular weight is 529 g/mol. The van der Waals surface area contributed by atoms with Crippen molar-refractivity contribution in [1.29, 1.82) is 0 Å². The van der Waals surface area contributed by atoms with Crippen LogP contribution in [0.2, 0.25) is 0 Å². The number of benzene rings is 1. The van der Waals surface area contributed by atoms with E-state index in [1.165, 1.54) is 0 Å². The number of nitrogens with zero attached hydrogens (tertiary/aromatic N) is 4. The Morgan fingerprint density at radius 3 is 2.68 bits per heavy atom. The molecule has 1 aromatic carbocycles. The number of piperidine rings is 1. The van der Waals surface area contributed by atoms with Gasteiger partial charge in [0.15, 0.2) is 11.5 Å². The number of aromatic nitrogens is 4. The van der Waals surface area contributed by atoms with Crippen LogP contribution in [0.25, 0.3) is 28.1 Å². The van der Waals surface area contributed by atoms with Crippen LogP contribution in [0.1, 0.15) is 12.8 Å². The van der Waals surface area contributed by atoms with E-state index in [1.807, 2.05) is 53.1 Å². The van der Waals surface area contributed by atoms with Crippen molar-refractivity contribution in [3.63, 3.8) is 0 Å². The Morgan fingerprint density at radius 1 is 1.06 bits per heavy atom. The Bertz CT molecular complexity index is 1200. The van der Waals surface area contributed by atoms with Gasteiger partial charge in [-0.1, -0.05) is 18.2 Å². The molecular weight excluding hydrogens is 508 g/mol. The van der Waals surface area contributed by atoms with Gasteiger partial charge in [0, 0.05) is 16.1 Å². The predicted octanol–water partition coefficient (Wildman–Crippen LogP) is 5.02. The average Bonchev–Trinajstić information content (AvgIpc) is 3.15. The molecule has 0 aliphatic carbocycles. The number of hydrogen-bond donors (Lipinski definition) is 1. The first kappa shape index (κ1) is 23.7. The number of pyridine rings is 2. The summed E-state index contributed by atoms with van der Waals surface area (Å²) in [5, 5.41) is 12.6. The third-order valence-electron chi connectivity index (χ3n) is 5.26. The van der Waals surface area contributed by atoms with Crippen LogP contribution < -0.4 is 10.1 Å². The molecular formula is C21H21BrCl2FN5O. The minimum absolute atomic E-state index is 0. The Balaban J connectivity index is 0.00000136. The minimum Gasteiger partial charge on any atom is -0.488 e. The van der Waals surface area contributed by atoms with Gasteiger partial charge in [-0.05, 0) is 66.1 Å². The van der Waals surface area contributed by atoms with Crippen LogP contribution >= 0.6 is 40.7 Å². The standard InChI is InChI=1S/C21H19BrFN5O.2ClH/c22-15-5-7-18-26-27-20(28(18)12-15)16-6-4-14-2-1-3-17(19(14)25-16)29-13-21(23)8-10-24-11-9-21;;/h1-7,12,24H,8-11,13H2;2*1H. The molecule has 1 aliphatic heterocycles. The van der Waals surface area contributed by atoms with Gasteiger partial charge in [-0.25, -0.2) is 9.37 Å².